The highest BCUT2D eigenvalue weighted by Crippen LogP contribution is 2.52. The predicted molar refractivity (Wildman–Crippen MR) is 164 cm³/mol. The number of amides is 3. The normalized spacial score (nSPS) is 24.0. The predicted octanol–water partition coefficient (Wildman–Crippen LogP) is 2.49. The third-order valence-corrected chi connectivity index (χ3v) is 8.83. The van der Waals surface area contributed by atoms with E-state index < -0.39 is 75.8 Å². The molecule has 0 aliphatic heterocycles. The van der Waals surface area contributed by atoms with Gasteiger partial charge in [-0.2, -0.15) is 13.2 Å². The Morgan fingerprint density at radius 3 is 2.21 bits per heavy atom. The van der Waals surface area contributed by atoms with Crippen molar-refractivity contribution in [1.82, 2.24) is 10.3 Å². The van der Waals surface area contributed by atoms with Crippen LogP contribution in [-0.4, -0.2) is 83.6 Å². The third kappa shape index (κ3) is 5.52. The van der Waals surface area contributed by atoms with Gasteiger partial charge in [0.1, 0.15) is 17.1 Å². The van der Waals surface area contributed by atoms with E-state index in [1.54, 1.807) is 25.1 Å². The van der Waals surface area contributed by atoms with E-state index in [9.17, 15) is 47.7 Å². The lowest BCUT2D eigenvalue weighted by Gasteiger charge is -2.50. The smallest absolute Gasteiger partial charge is 0.416 e. The SMILES string of the molecule is CN(C)c1cc(NC(=O)NNc2ccc(C(F)(F)F)cc2)cc2c1CC1CC3[C@H](N(C)C)C(=O)C(C(N)=O)=C(O)[C@@]3(O)C(=O)C1=C2O. The number of likely N-dealkylation sites (N-methyl/N-ethyl adjacent to an activating group) is 1. The first-order valence-electron chi connectivity index (χ1n) is 14.4. The number of ketones is 2. The zero-order valence-corrected chi connectivity index (χ0v) is 25.7. The lowest BCUT2D eigenvalue weighted by Crippen LogP contribution is -2.65. The molecule has 3 aliphatic carbocycles. The minimum Gasteiger partial charge on any atom is -0.508 e. The van der Waals surface area contributed by atoms with Gasteiger partial charge in [0.05, 0.1) is 17.3 Å². The summed E-state index contributed by atoms with van der Waals surface area (Å²) in [6.45, 7) is 0. The van der Waals surface area contributed by atoms with Crippen LogP contribution in [-0.2, 0) is 27.0 Å². The van der Waals surface area contributed by atoms with Crippen LogP contribution in [0.25, 0.3) is 5.76 Å². The number of rotatable bonds is 6. The molecule has 16 heteroatoms. The van der Waals surface area contributed by atoms with Crippen LogP contribution in [0.3, 0.4) is 0 Å². The maximum atomic E-state index is 14.1. The number of benzene rings is 2. The molecule has 2 unspecified atom stereocenters. The number of alkyl halides is 3. The Morgan fingerprint density at radius 1 is 1.02 bits per heavy atom. The van der Waals surface area contributed by atoms with Crippen molar-refractivity contribution < 1.29 is 47.7 Å². The molecule has 13 nitrogen and oxygen atoms in total. The lowest BCUT2D eigenvalue weighted by molar-refractivity contribution is -0.153. The minimum atomic E-state index is -4.52. The Hall–Kier alpha value is -5.09. The highest BCUT2D eigenvalue weighted by Gasteiger charge is 2.64. The number of Topliss-reactive ketones (excluding diaryl/α,β-unsaturated/α-hetero) is 2. The number of aliphatic hydroxyl groups is 3. The summed E-state index contributed by atoms with van der Waals surface area (Å²) < 4.78 is 38.5. The number of nitrogens with one attached hydrogen (secondary N) is 3. The monoisotopic (exact) mass is 658 g/mol. The van der Waals surface area contributed by atoms with Crippen molar-refractivity contribution in [2.24, 2.45) is 17.6 Å². The number of nitrogens with two attached hydrogens (primary N) is 1. The van der Waals surface area contributed by atoms with Crippen LogP contribution in [0.2, 0.25) is 0 Å². The molecule has 8 N–H and O–H groups in total. The number of carbonyl (C=O) groups excluding carboxylic acids is 4. The molecule has 0 aromatic heterocycles. The molecular weight excluding hydrogens is 625 g/mol. The Labute approximate surface area is 266 Å². The highest BCUT2D eigenvalue weighted by molar-refractivity contribution is 6.24. The van der Waals surface area contributed by atoms with Crippen LogP contribution in [0.4, 0.5) is 35.0 Å². The van der Waals surface area contributed by atoms with Crippen molar-refractivity contribution in [3.63, 3.8) is 0 Å². The molecule has 3 aliphatic rings. The molecule has 0 saturated heterocycles. The van der Waals surface area contributed by atoms with E-state index in [0.717, 1.165) is 24.3 Å². The summed E-state index contributed by atoms with van der Waals surface area (Å²) in [5.74, 6) is -6.76. The second kappa shape index (κ2) is 11.6. The molecular formula is C31H33F3N6O7. The number of hydrogen-bond acceptors (Lipinski definition) is 10. The van der Waals surface area contributed by atoms with Crippen molar-refractivity contribution in [2.45, 2.75) is 30.7 Å². The van der Waals surface area contributed by atoms with Gasteiger partial charge in [-0.15, -0.1) is 0 Å². The summed E-state index contributed by atoms with van der Waals surface area (Å²) in [5.41, 5.74) is 7.15. The number of urea groups is 1. The average Bonchev–Trinajstić information content (AvgIpc) is 2.97. The maximum absolute atomic E-state index is 14.1. The van der Waals surface area contributed by atoms with Gasteiger partial charge in [0, 0.05) is 42.5 Å². The Balaban J connectivity index is 1.49. The van der Waals surface area contributed by atoms with E-state index in [2.05, 4.69) is 16.2 Å². The Kier molecular flexibility index (Phi) is 8.22. The molecule has 5 rings (SSSR count). The van der Waals surface area contributed by atoms with Crippen LogP contribution in [0, 0.1) is 11.8 Å². The largest absolute Gasteiger partial charge is 0.508 e. The van der Waals surface area contributed by atoms with Crippen LogP contribution in [0.1, 0.15) is 23.1 Å². The highest BCUT2D eigenvalue weighted by atomic mass is 19.4. The zero-order valence-electron chi connectivity index (χ0n) is 25.7. The summed E-state index contributed by atoms with van der Waals surface area (Å²) in [4.78, 5) is 55.4. The Morgan fingerprint density at radius 2 is 1.66 bits per heavy atom. The molecule has 0 radical (unpaired) electrons. The van der Waals surface area contributed by atoms with E-state index in [0.29, 0.717) is 11.3 Å². The molecule has 1 saturated carbocycles. The number of aliphatic hydroxyl groups excluding tert-OH is 2. The van der Waals surface area contributed by atoms with Gasteiger partial charge in [0.25, 0.3) is 5.91 Å². The molecule has 4 atom stereocenters. The summed E-state index contributed by atoms with van der Waals surface area (Å²) >= 11 is 0. The summed E-state index contributed by atoms with van der Waals surface area (Å²) in [7, 11) is 6.51. The number of carbonyl (C=O) groups is 4. The molecule has 2 aromatic carbocycles. The molecule has 47 heavy (non-hydrogen) atoms. The van der Waals surface area contributed by atoms with Gasteiger partial charge in [-0.25, -0.2) is 4.79 Å². The second-order valence-corrected chi connectivity index (χ2v) is 12.2. The van der Waals surface area contributed by atoms with Crippen molar-refractivity contribution in [2.75, 3.05) is 43.8 Å². The number of hydrazine groups is 1. The number of anilines is 3. The van der Waals surface area contributed by atoms with Crippen LogP contribution >= 0.6 is 0 Å². The average molecular weight is 659 g/mol. The molecule has 0 bridgehead atoms. The third-order valence-electron chi connectivity index (χ3n) is 8.83. The first-order valence-corrected chi connectivity index (χ1v) is 14.4. The molecule has 250 valence electrons. The van der Waals surface area contributed by atoms with E-state index >= 15 is 0 Å². The van der Waals surface area contributed by atoms with Gasteiger partial charge in [0.15, 0.2) is 11.4 Å². The fourth-order valence-corrected chi connectivity index (χ4v) is 6.73. The molecule has 0 spiro atoms. The summed E-state index contributed by atoms with van der Waals surface area (Å²) in [6.07, 6.45) is -4.35. The van der Waals surface area contributed by atoms with E-state index in [4.69, 9.17) is 5.73 Å². The van der Waals surface area contributed by atoms with Gasteiger partial charge in [0.2, 0.25) is 5.78 Å². The van der Waals surface area contributed by atoms with Crippen LogP contribution in [0.15, 0.2) is 53.3 Å². The topological polar surface area (TPSA) is 198 Å². The quantitative estimate of drug-likeness (QED) is 0.179. The summed E-state index contributed by atoms with van der Waals surface area (Å²) in [6, 6.07) is 5.00. The van der Waals surface area contributed by atoms with Crippen molar-refractivity contribution in [3.05, 3.63) is 70.0 Å². The van der Waals surface area contributed by atoms with Crippen molar-refractivity contribution in [3.8, 4) is 0 Å². The number of primary amides is 1. The van der Waals surface area contributed by atoms with Gasteiger partial charge in [-0.05, 0) is 74.8 Å². The zero-order chi connectivity index (χ0) is 34.7. The molecule has 3 amide bonds. The van der Waals surface area contributed by atoms with E-state index in [1.807, 2.05) is 0 Å². The molecule has 1 fully saturated rings. The molecule has 0 heterocycles. The molecule has 2 aromatic rings. The standard InChI is InChI=1S/C31H33F3N6O7/c1-39(2)20-12-16(36-29(46)38-37-15-7-5-14(6-8-15)31(32,33)34)11-18-17(20)9-13-10-19-23(40(3)4)25(42)22(28(35)45)27(44)30(19,47)26(43)21(13)24(18)41/h5-8,11-13,19,23,37,41,44,47H,9-10H2,1-4H3,(H2,35,45)(H2,36,38,46)/t13?,19?,23-,30-/m0/s1. The Bertz CT molecular complexity index is 1750. The van der Waals surface area contributed by atoms with Crippen LogP contribution < -0.4 is 26.8 Å². The van der Waals surface area contributed by atoms with E-state index in [1.165, 1.54) is 25.1 Å². The fraction of sp³-hybridized carbons (Fsp3) is 0.355. The second-order valence-electron chi connectivity index (χ2n) is 12.2. The number of halogens is 3. The maximum Gasteiger partial charge on any atom is 0.416 e. The van der Waals surface area contributed by atoms with E-state index in [-0.39, 0.29) is 35.4 Å². The fourth-order valence-electron chi connectivity index (χ4n) is 6.73. The van der Waals surface area contributed by atoms with Gasteiger partial charge in [-0.1, -0.05) is 0 Å². The number of fused-ring (bicyclic) bond motifs is 3. The van der Waals surface area contributed by atoms with Gasteiger partial charge < -0.3 is 31.3 Å². The van der Waals surface area contributed by atoms with Crippen LogP contribution in [0.5, 0.6) is 0 Å². The summed E-state index contributed by atoms with van der Waals surface area (Å²) in [5, 5.41) is 36.9. The number of hydrogen-bond donors (Lipinski definition) is 7. The first kappa shape index (κ1) is 33.3. The minimum absolute atomic E-state index is 0.0172. The van der Waals surface area contributed by atoms with Crippen molar-refractivity contribution >= 4 is 46.3 Å². The first-order chi connectivity index (χ1) is 21.9. The van der Waals surface area contributed by atoms with Crippen molar-refractivity contribution in [1.29, 1.82) is 0 Å². The number of nitrogens with zero attached hydrogens (tertiary/aromatic N) is 2. The van der Waals surface area contributed by atoms with Gasteiger partial charge >= 0.3 is 12.2 Å². The lowest BCUT2D eigenvalue weighted by atomic mass is 9.57. The van der Waals surface area contributed by atoms with Gasteiger partial charge in [-0.3, -0.25) is 30.1 Å².